The summed E-state index contributed by atoms with van der Waals surface area (Å²) in [6, 6.07) is 5.66. The monoisotopic (exact) mass is 251 g/mol. The number of likely N-dealkylation sites (N-methyl/N-ethyl adjacent to an activating group) is 1. The fourth-order valence-corrected chi connectivity index (χ4v) is 2.15. The number of carboxylic acid groups (broad SMARTS) is 1. The first-order valence-electron chi connectivity index (χ1n) is 6.00. The molecule has 5 heteroatoms. The van der Waals surface area contributed by atoms with Gasteiger partial charge in [0.25, 0.3) is 0 Å². The van der Waals surface area contributed by atoms with Crippen LogP contribution in [0.3, 0.4) is 0 Å². The fraction of sp³-hybridized carbons (Fsp3) is 0.462. The average molecular weight is 251 g/mol. The summed E-state index contributed by atoms with van der Waals surface area (Å²) in [6.07, 6.45) is -0.220. The van der Waals surface area contributed by atoms with Crippen LogP contribution < -0.4 is 9.47 Å². The van der Waals surface area contributed by atoms with Gasteiger partial charge in [0, 0.05) is 12.6 Å². The summed E-state index contributed by atoms with van der Waals surface area (Å²) >= 11 is 0. The lowest BCUT2D eigenvalue weighted by molar-refractivity contribution is 0.131. The number of hydrogen-bond acceptors (Lipinski definition) is 3. The molecule has 1 aliphatic rings. The molecule has 0 aromatic heterocycles. The Hall–Kier alpha value is -1.91. The van der Waals surface area contributed by atoms with Gasteiger partial charge in [-0.15, -0.1) is 0 Å². The molecule has 0 saturated carbocycles. The summed E-state index contributed by atoms with van der Waals surface area (Å²) in [5.74, 6) is 1.48. The van der Waals surface area contributed by atoms with E-state index in [2.05, 4.69) is 0 Å². The van der Waals surface area contributed by atoms with Gasteiger partial charge < -0.3 is 19.5 Å². The minimum atomic E-state index is -0.884. The van der Waals surface area contributed by atoms with Crippen molar-refractivity contribution in [1.29, 1.82) is 0 Å². The van der Waals surface area contributed by atoms with Crippen LogP contribution in [0.25, 0.3) is 0 Å². The molecule has 0 bridgehead atoms. The van der Waals surface area contributed by atoms with Gasteiger partial charge >= 0.3 is 6.09 Å². The SMILES string of the molecule is CCN(C(=O)O)[C@@H](C)Cc1ccc2c(c1)OCO2. The summed E-state index contributed by atoms with van der Waals surface area (Å²) in [4.78, 5) is 12.5. The second-order valence-electron chi connectivity index (χ2n) is 4.31. The van der Waals surface area contributed by atoms with E-state index in [4.69, 9.17) is 14.6 Å². The number of rotatable bonds is 4. The summed E-state index contributed by atoms with van der Waals surface area (Å²) in [6.45, 7) is 4.48. The zero-order valence-electron chi connectivity index (χ0n) is 10.5. The molecule has 98 valence electrons. The molecular weight excluding hydrogens is 234 g/mol. The molecule has 0 aliphatic carbocycles. The Morgan fingerprint density at radius 3 is 2.83 bits per heavy atom. The van der Waals surface area contributed by atoms with E-state index in [1.165, 1.54) is 4.90 Å². The van der Waals surface area contributed by atoms with Crippen molar-refractivity contribution < 1.29 is 19.4 Å². The molecule has 1 aromatic carbocycles. The van der Waals surface area contributed by atoms with Crippen molar-refractivity contribution in [3.63, 3.8) is 0 Å². The van der Waals surface area contributed by atoms with Crippen molar-refractivity contribution in [3.05, 3.63) is 23.8 Å². The molecule has 0 fully saturated rings. The van der Waals surface area contributed by atoms with Gasteiger partial charge in [0.05, 0.1) is 0 Å². The van der Waals surface area contributed by atoms with Gasteiger partial charge in [0.15, 0.2) is 11.5 Å². The second kappa shape index (κ2) is 5.16. The molecule has 1 atom stereocenters. The number of nitrogens with zero attached hydrogens (tertiary/aromatic N) is 1. The van der Waals surface area contributed by atoms with Crippen molar-refractivity contribution >= 4 is 6.09 Å². The Balaban J connectivity index is 2.07. The minimum Gasteiger partial charge on any atom is -0.465 e. The summed E-state index contributed by atoms with van der Waals surface area (Å²) in [5.41, 5.74) is 1.05. The Morgan fingerprint density at radius 2 is 2.17 bits per heavy atom. The standard InChI is InChI=1S/C13H17NO4/c1-3-14(13(15)16)9(2)6-10-4-5-11-12(7-10)18-8-17-11/h4-5,7,9H,3,6,8H2,1-2H3,(H,15,16)/t9-/m0/s1. The Morgan fingerprint density at radius 1 is 1.44 bits per heavy atom. The molecule has 18 heavy (non-hydrogen) atoms. The largest absolute Gasteiger partial charge is 0.465 e. The van der Waals surface area contributed by atoms with Crippen LogP contribution in [0.5, 0.6) is 11.5 Å². The predicted octanol–water partition coefficient (Wildman–Crippen LogP) is 2.35. The van der Waals surface area contributed by atoms with Gasteiger partial charge in [-0.1, -0.05) is 6.07 Å². The second-order valence-corrected chi connectivity index (χ2v) is 4.31. The van der Waals surface area contributed by atoms with E-state index in [0.29, 0.717) is 13.0 Å². The van der Waals surface area contributed by atoms with Crippen molar-refractivity contribution in [1.82, 2.24) is 4.90 Å². The Bertz CT molecular complexity index is 447. The van der Waals surface area contributed by atoms with E-state index in [1.807, 2.05) is 32.0 Å². The average Bonchev–Trinajstić information content (AvgIpc) is 2.76. The van der Waals surface area contributed by atoms with E-state index in [1.54, 1.807) is 0 Å². The van der Waals surface area contributed by atoms with Crippen LogP contribution in [-0.2, 0) is 6.42 Å². The Labute approximate surface area is 106 Å². The first kappa shape index (κ1) is 12.5. The van der Waals surface area contributed by atoms with Crippen LogP contribution in [0.15, 0.2) is 18.2 Å². The normalized spacial score (nSPS) is 14.3. The number of amides is 1. The molecule has 1 N–H and O–H groups in total. The van der Waals surface area contributed by atoms with Crippen LogP contribution in [0.2, 0.25) is 0 Å². The molecule has 1 amide bonds. The molecule has 0 spiro atoms. The number of fused-ring (bicyclic) bond motifs is 1. The predicted molar refractivity (Wildman–Crippen MR) is 66.1 cm³/mol. The third-order valence-electron chi connectivity index (χ3n) is 3.09. The molecule has 0 saturated heterocycles. The lowest BCUT2D eigenvalue weighted by atomic mass is 10.1. The van der Waals surface area contributed by atoms with Crippen LogP contribution in [0.4, 0.5) is 4.79 Å². The van der Waals surface area contributed by atoms with E-state index in [0.717, 1.165) is 17.1 Å². The maximum absolute atomic E-state index is 11.0. The van der Waals surface area contributed by atoms with Crippen LogP contribution in [-0.4, -0.2) is 35.5 Å². The van der Waals surface area contributed by atoms with Crippen molar-refractivity contribution in [2.45, 2.75) is 26.3 Å². The smallest absolute Gasteiger partial charge is 0.407 e. The van der Waals surface area contributed by atoms with E-state index < -0.39 is 6.09 Å². The van der Waals surface area contributed by atoms with Crippen LogP contribution >= 0.6 is 0 Å². The van der Waals surface area contributed by atoms with Crippen molar-refractivity contribution in [3.8, 4) is 11.5 Å². The van der Waals surface area contributed by atoms with Gasteiger partial charge in [0.1, 0.15) is 0 Å². The summed E-state index contributed by atoms with van der Waals surface area (Å²) in [7, 11) is 0. The third kappa shape index (κ3) is 2.50. The van der Waals surface area contributed by atoms with Gasteiger partial charge in [-0.2, -0.15) is 0 Å². The molecule has 0 radical (unpaired) electrons. The van der Waals surface area contributed by atoms with Gasteiger partial charge in [-0.25, -0.2) is 4.79 Å². The number of hydrogen-bond donors (Lipinski definition) is 1. The molecule has 5 nitrogen and oxygen atoms in total. The van der Waals surface area contributed by atoms with E-state index in [-0.39, 0.29) is 12.8 Å². The lowest BCUT2D eigenvalue weighted by Gasteiger charge is -2.25. The first-order chi connectivity index (χ1) is 8.61. The van der Waals surface area contributed by atoms with E-state index in [9.17, 15) is 4.79 Å². The molecule has 1 aromatic rings. The Kier molecular flexibility index (Phi) is 3.60. The highest BCUT2D eigenvalue weighted by Gasteiger charge is 2.19. The third-order valence-corrected chi connectivity index (χ3v) is 3.09. The maximum atomic E-state index is 11.0. The molecule has 0 unspecified atom stereocenters. The number of ether oxygens (including phenoxy) is 2. The van der Waals surface area contributed by atoms with Gasteiger partial charge in [-0.3, -0.25) is 0 Å². The summed E-state index contributed by atoms with van der Waals surface area (Å²) < 4.78 is 10.5. The molecule has 1 aliphatic heterocycles. The van der Waals surface area contributed by atoms with Crippen molar-refractivity contribution in [2.24, 2.45) is 0 Å². The molecule has 1 heterocycles. The highest BCUT2D eigenvalue weighted by molar-refractivity contribution is 5.65. The topological polar surface area (TPSA) is 59.0 Å². The van der Waals surface area contributed by atoms with Crippen molar-refractivity contribution in [2.75, 3.05) is 13.3 Å². The van der Waals surface area contributed by atoms with E-state index >= 15 is 0 Å². The van der Waals surface area contributed by atoms with Gasteiger partial charge in [0.2, 0.25) is 6.79 Å². The number of carbonyl (C=O) groups is 1. The van der Waals surface area contributed by atoms with Gasteiger partial charge in [-0.05, 0) is 38.0 Å². The maximum Gasteiger partial charge on any atom is 0.407 e. The molecular formula is C13H17NO4. The van der Waals surface area contributed by atoms with Crippen LogP contribution in [0, 0.1) is 0 Å². The zero-order valence-corrected chi connectivity index (χ0v) is 10.5. The zero-order chi connectivity index (χ0) is 13.1. The lowest BCUT2D eigenvalue weighted by Crippen LogP contribution is -2.38. The quantitative estimate of drug-likeness (QED) is 0.892. The van der Waals surface area contributed by atoms with Crippen LogP contribution in [0.1, 0.15) is 19.4 Å². The highest BCUT2D eigenvalue weighted by atomic mass is 16.7. The highest BCUT2D eigenvalue weighted by Crippen LogP contribution is 2.32. The number of benzene rings is 1. The first-order valence-corrected chi connectivity index (χ1v) is 6.00. The minimum absolute atomic E-state index is 0.0622. The fourth-order valence-electron chi connectivity index (χ4n) is 2.15. The summed E-state index contributed by atoms with van der Waals surface area (Å²) in [5, 5.41) is 9.06. The molecule has 2 rings (SSSR count).